The topological polar surface area (TPSA) is 79.5 Å². The van der Waals surface area contributed by atoms with E-state index in [0.29, 0.717) is 31.9 Å². The van der Waals surface area contributed by atoms with Gasteiger partial charge >= 0.3 is 0 Å². The summed E-state index contributed by atoms with van der Waals surface area (Å²) in [4.78, 5) is 6.32. The summed E-state index contributed by atoms with van der Waals surface area (Å²) in [5.74, 6) is 0.756. The molecule has 19 heavy (non-hydrogen) atoms. The number of nitrogens with two attached hydrogens (primary N) is 1. The Hall–Kier alpha value is -1.34. The first kappa shape index (κ1) is 12.7. The van der Waals surface area contributed by atoms with Gasteiger partial charge in [-0.15, -0.1) is 0 Å². The van der Waals surface area contributed by atoms with Crippen LogP contribution in [0.15, 0.2) is 18.3 Å². The van der Waals surface area contributed by atoms with Gasteiger partial charge in [-0.1, -0.05) is 0 Å². The van der Waals surface area contributed by atoms with E-state index in [4.69, 9.17) is 5.73 Å². The fourth-order valence-corrected chi connectivity index (χ4v) is 4.23. The zero-order valence-corrected chi connectivity index (χ0v) is 11.5. The number of nitrogens with zero attached hydrogens (tertiary/aromatic N) is 3. The largest absolute Gasteiger partial charge is 0.396 e. The molecule has 6 nitrogen and oxygen atoms in total. The molecule has 0 unspecified atom stereocenters. The lowest BCUT2D eigenvalue weighted by Gasteiger charge is -2.35. The van der Waals surface area contributed by atoms with Gasteiger partial charge in [0.15, 0.2) is 5.82 Å². The van der Waals surface area contributed by atoms with Crippen molar-refractivity contribution in [2.24, 2.45) is 0 Å². The highest BCUT2D eigenvalue weighted by molar-refractivity contribution is 7.90. The van der Waals surface area contributed by atoms with E-state index in [2.05, 4.69) is 4.98 Å². The lowest BCUT2D eigenvalue weighted by molar-refractivity contribution is 0.383. The number of pyridine rings is 1. The Kier molecular flexibility index (Phi) is 3.10. The van der Waals surface area contributed by atoms with E-state index in [9.17, 15) is 8.42 Å². The van der Waals surface area contributed by atoms with E-state index >= 15 is 0 Å². The summed E-state index contributed by atoms with van der Waals surface area (Å²) in [6.45, 7) is 2.34. The van der Waals surface area contributed by atoms with Crippen LogP contribution in [0.1, 0.15) is 12.8 Å². The summed E-state index contributed by atoms with van der Waals surface area (Å²) >= 11 is 0. The molecule has 3 rings (SSSR count). The first-order valence-electron chi connectivity index (χ1n) is 6.53. The normalized spacial score (nSPS) is 21.6. The third-order valence-electron chi connectivity index (χ3n) is 3.66. The van der Waals surface area contributed by atoms with Gasteiger partial charge in [-0.25, -0.2) is 13.4 Å². The maximum Gasteiger partial charge on any atom is 0.217 e. The first-order chi connectivity index (χ1) is 9.09. The molecule has 2 N–H and O–H groups in total. The van der Waals surface area contributed by atoms with Gasteiger partial charge in [0, 0.05) is 32.4 Å². The molecule has 1 saturated carbocycles. The molecule has 1 aliphatic carbocycles. The summed E-state index contributed by atoms with van der Waals surface area (Å²) in [7, 11) is -3.05. The van der Waals surface area contributed by atoms with Crippen molar-refractivity contribution in [2.45, 2.75) is 18.1 Å². The maximum atomic E-state index is 12.1. The maximum absolute atomic E-state index is 12.1. The molecule has 1 aliphatic heterocycles. The van der Waals surface area contributed by atoms with Gasteiger partial charge in [-0.3, -0.25) is 0 Å². The summed E-state index contributed by atoms with van der Waals surface area (Å²) < 4.78 is 25.9. The Bertz CT molecular complexity index is 563. The minimum absolute atomic E-state index is 0.126. The van der Waals surface area contributed by atoms with E-state index in [0.717, 1.165) is 18.7 Å². The number of nitrogen functional groups attached to an aromatic ring is 1. The SMILES string of the molecule is Nc1cccnc1N1CCN(S(=O)(=O)C2CC2)CC1. The number of piperazine rings is 1. The lowest BCUT2D eigenvalue weighted by Crippen LogP contribution is -2.50. The Morgan fingerprint density at radius 2 is 1.89 bits per heavy atom. The van der Waals surface area contributed by atoms with Crippen LogP contribution in [0.25, 0.3) is 0 Å². The third kappa shape index (κ3) is 2.40. The van der Waals surface area contributed by atoms with Gasteiger partial charge in [0.2, 0.25) is 10.0 Å². The lowest BCUT2D eigenvalue weighted by atomic mass is 10.3. The van der Waals surface area contributed by atoms with Crippen molar-refractivity contribution in [2.75, 3.05) is 36.8 Å². The second-order valence-electron chi connectivity index (χ2n) is 5.05. The van der Waals surface area contributed by atoms with E-state index < -0.39 is 10.0 Å². The highest BCUT2D eigenvalue weighted by Gasteiger charge is 2.41. The number of sulfonamides is 1. The van der Waals surface area contributed by atoms with Crippen LogP contribution in [-0.2, 0) is 10.0 Å². The van der Waals surface area contributed by atoms with Crippen LogP contribution in [0.4, 0.5) is 11.5 Å². The van der Waals surface area contributed by atoms with Crippen LogP contribution in [0.2, 0.25) is 0 Å². The van der Waals surface area contributed by atoms with Crippen molar-refractivity contribution >= 4 is 21.5 Å². The number of anilines is 2. The van der Waals surface area contributed by atoms with E-state index in [-0.39, 0.29) is 5.25 Å². The van der Waals surface area contributed by atoms with Crippen LogP contribution in [0.5, 0.6) is 0 Å². The molecule has 2 fully saturated rings. The minimum atomic E-state index is -3.05. The minimum Gasteiger partial charge on any atom is -0.396 e. The molecule has 1 aromatic heterocycles. The molecule has 7 heteroatoms. The van der Waals surface area contributed by atoms with Crippen molar-refractivity contribution in [3.63, 3.8) is 0 Å². The van der Waals surface area contributed by atoms with Gasteiger partial charge in [-0.05, 0) is 25.0 Å². The van der Waals surface area contributed by atoms with Crippen molar-refractivity contribution in [3.8, 4) is 0 Å². The molecule has 0 aromatic carbocycles. The molecule has 1 saturated heterocycles. The van der Waals surface area contributed by atoms with Crippen LogP contribution < -0.4 is 10.6 Å². The summed E-state index contributed by atoms with van der Waals surface area (Å²) in [6, 6.07) is 3.61. The molecule has 1 aromatic rings. The molecular weight excluding hydrogens is 264 g/mol. The Morgan fingerprint density at radius 3 is 2.47 bits per heavy atom. The molecule has 0 bridgehead atoms. The number of hydrogen-bond acceptors (Lipinski definition) is 5. The van der Waals surface area contributed by atoms with Crippen LogP contribution in [0.3, 0.4) is 0 Å². The average molecular weight is 282 g/mol. The van der Waals surface area contributed by atoms with Gasteiger partial charge in [-0.2, -0.15) is 4.31 Å². The first-order valence-corrected chi connectivity index (χ1v) is 8.04. The average Bonchev–Trinajstić information content (AvgIpc) is 3.24. The molecule has 0 atom stereocenters. The van der Waals surface area contributed by atoms with Crippen LogP contribution in [-0.4, -0.2) is 49.1 Å². The Morgan fingerprint density at radius 1 is 1.21 bits per heavy atom. The molecular formula is C12H18N4O2S. The summed E-state index contributed by atoms with van der Waals surface area (Å²) in [6.07, 6.45) is 3.34. The zero-order chi connectivity index (χ0) is 13.5. The monoisotopic (exact) mass is 282 g/mol. The predicted molar refractivity (Wildman–Crippen MR) is 74.4 cm³/mol. The van der Waals surface area contributed by atoms with Crippen molar-refractivity contribution in [3.05, 3.63) is 18.3 Å². The van der Waals surface area contributed by atoms with Crippen molar-refractivity contribution in [1.29, 1.82) is 0 Å². The summed E-state index contributed by atoms with van der Waals surface area (Å²) in [5.41, 5.74) is 6.53. The number of hydrogen-bond donors (Lipinski definition) is 1. The number of aromatic nitrogens is 1. The second-order valence-corrected chi connectivity index (χ2v) is 7.26. The second kappa shape index (κ2) is 4.64. The molecule has 2 heterocycles. The third-order valence-corrected chi connectivity index (χ3v) is 6.06. The van der Waals surface area contributed by atoms with Gasteiger partial charge in [0.1, 0.15) is 0 Å². The zero-order valence-electron chi connectivity index (χ0n) is 10.7. The Labute approximate surface area is 113 Å². The van der Waals surface area contributed by atoms with Gasteiger partial charge in [0.25, 0.3) is 0 Å². The molecule has 0 spiro atoms. The molecule has 0 radical (unpaired) electrons. The highest BCUT2D eigenvalue weighted by Crippen LogP contribution is 2.32. The van der Waals surface area contributed by atoms with E-state index in [1.165, 1.54) is 0 Å². The Balaban J connectivity index is 1.68. The van der Waals surface area contributed by atoms with E-state index in [1.807, 2.05) is 11.0 Å². The highest BCUT2D eigenvalue weighted by atomic mass is 32.2. The fourth-order valence-electron chi connectivity index (χ4n) is 2.40. The van der Waals surface area contributed by atoms with Crippen molar-refractivity contribution in [1.82, 2.24) is 9.29 Å². The fraction of sp³-hybridized carbons (Fsp3) is 0.583. The molecule has 104 valence electrons. The summed E-state index contributed by atoms with van der Waals surface area (Å²) in [5, 5.41) is -0.126. The smallest absolute Gasteiger partial charge is 0.217 e. The van der Waals surface area contributed by atoms with E-state index in [1.54, 1.807) is 16.6 Å². The van der Waals surface area contributed by atoms with Gasteiger partial charge < -0.3 is 10.6 Å². The standard InChI is InChI=1S/C12H18N4O2S/c13-11-2-1-5-14-12(11)15-6-8-16(9-7-15)19(17,18)10-3-4-10/h1-2,5,10H,3-4,6-9,13H2. The van der Waals surface area contributed by atoms with Crippen LogP contribution in [0, 0.1) is 0 Å². The van der Waals surface area contributed by atoms with Crippen LogP contribution >= 0.6 is 0 Å². The van der Waals surface area contributed by atoms with Gasteiger partial charge in [0.05, 0.1) is 10.9 Å². The number of rotatable bonds is 3. The quantitative estimate of drug-likeness (QED) is 0.861. The van der Waals surface area contributed by atoms with Crippen molar-refractivity contribution < 1.29 is 8.42 Å². The predicted octanol–water partition coefficient (Wildman–Crippen LogP) is 0.278. The molecule has 2 aliphatic rings. The molecule has 0 amide bonds.